The first-order chi connectivity index (χ1) is 14.0. The molecule has 3 heterocycles. The van der Waals surface area contributed by atoms with Crippen molar-refractivity contribution in [1.82, 2.24) is 24.5 Å². The summed E-state index contributed by atoms with van der Waals surface area (Å²) in [4.78, 5) is 16.5. The third kappa shape index (κ3) is 3.29. The monoisotopic (exact) mass is 392 g/mol. The van der Waals surface area contributed by atoms with Crippen LogP contribution in [0.5, 0.6) is 0 Å². The molecule has 1 aromatic carbocycles. The van der Waals surface area contributed by atoms with E-state index in [9.17, 15) is 14.0 Å². The van der Waals surface area contributed by atoms with E-state index in [1.54, 1.807) is 30.0 Å². The minimum Gasteiger partial charge on any atom is -0.382 e. The lowest BCUT2D eigenvalue weighted by atomic mass is 10.2. The largest absolute Gasteiger partial charge is 0.382 e. The molecule has 29 heavy (non-hydrogen) atoms. The summed E-state index contributed by atoms with van der Waals surface area (Å²) in [6, 6.07) is 6.38. The maximum atomic E-state index is 13.9. The molecular formula is C19H14F2N8. The second-order valence-electron chi connectivity index (χ2n) is 6.26. The van der Waals surface area contributed by atoms with Crippen molar-refractivity contribution in [3.8, 4) is 11.8 Å². The van der Waals surface area contributed by atoms with Crippen molar-refractivity contribution < 1.29 is 8.78 Å². The van der Waals surface area contributed by atoms with Gasteiger partial charge in [-0.05, 0) is 25.1 Å². The first kappa shape index (κ1) is 18.2. The highest BCUT2D eigenvalue weighted by molar-refractivity contribution is 5.77. The average molecular weight is 392 g/mol. The first-order valence-electron chi connectivity index (χ1n) is 8.54. The number of fused-ring (bicyclic) bond motifs is 1. The summed E-state index contributed by atoms with van der Waals surface area (Å²) in [5, 5.41) is 12.4. The van der Waals surface area contributed by atoms with Gasteiger partial charge in [0.05, 0.1) is 23.4 Å². The number of halogens is 2. The highest BCUT2D eigenvalue weighted by Crippen LogP contribution is 2.28. The number of nitriles is 1. The molecule has 0 aliphatic carbocycles. The highest BCUT2D eigenvalue weighted by atomic mass is 19.1. The lowest BCUT2D eigenvalue weighted by molar-refractivity contribution is 0.581. The minimum absolute atomic E-state index is 0.0436. The van der Waals surface area contributed by atoms with Gasteiger partial charge in [-0.1, -0.05) is 0 Å². The predicted molar refractivity (Wildman–Crippen MR) is 102 cm³/mol. The molecule has 0 aliphatic heterocycles. The molecule has 3 N–H and O–H groups in total. The molecule has 0 fully saturated rings. The Morgan fingerprint density at radius 2 is 1.97 bits per heavy atom. The Labute approximate surface area is 163 Å². The first-order valence-corrected chi connectivity index (χ1v) is 8.54. The second kappa shape index (κ2) is 7.12. The van der Waals surface area contributed by atoms with Crippen LogP contribution in [0.3, 0.4) is 0 Å². The van der Waals surface area contributed by atoms with E-state index in [0.717, 1.165) is 6.07 Å². The Balaban J connectivity index is 1.86. The molecule has 0 bridgehead atoms. The second-order valence-corrected chi connectivity index (χ2v) is 6.26. The summed E-state index contributed by atoms with van der Waals surface area (Å²) in [5.74, 6) is -0.702. The molecule has 0 unspecified atom stereocenters. The molecule has 0 spiro atoms. The van der Waals surface area contributed by atoms with Gasteiger partial charge < -0.3 is 11.1 Å². The number of pyridine rings is 1. The van der Waals surface area contributed by atoms with Crippen molar-refractivity contribution in [3.63, 3.8) is 0 Å². The third-order valence-corrected chi connectivity index (χ3v) is 4.32. The Morgan fingerprint density at radius 3 is 2.69 bits per heavy atom. The van der Waals surface area contributed by atoms with E-state index in [0.29, 0.717) is 16.9 Å². The molecule has 8 nitrogen and oxygen atoms in total. The van der Waals surface area contributed by atoms with E-state index in [1.807, 2.05) is 6.07 Å². The summed E-state index contributed by atoms with van der Waals surface area (Å²) < 4.78 is 29.4. The Kier molecular flexibility index (Phi) is 4.48. The predicted octanol–water partition coefficient (Wildman–Crippen LogP) is 3.12. The summed E-state index contributed by atoms with van der Waals surface area (Å²) in [5.41, 5.74) is 7.27. The molecular weight excluding hydrogens is 378 g/mol. The lowest BCUT2D eigenvalue weighted by Gasteiger charge is -2.18. The lowest BCUT2D eigenvalue weighted by Crippen LogP contribution is -2.15. The van der Waals surface area contributed by atoms with E-state index in [-0.39, 0.29) is 22.9 Å². The fourth-order valence-corrected chi connectivity index (χ4v) is 3.07. The Morgan fingerprint density at radius 1 is 1.21 bits per heavy atom. The SMILES string of the molecule is C[C@@H](Nc1ncnc(N)c1C#N)c1nc2cnccc2n1-c1cc(F)cc(F)c1. The number of benzene rings is 1. The molecule has 1 atom stereocenters. The zero-order valence-corrected chi connectivity index (χ0v) is 15.1. The smallest absolute Gasteiger partial charge is 0.150 e. The topological polar surface area (TPSA) is 118 Å². The molecule has 0 saturated carbocycles. The van der Waals surface area contributed by atoms with Gasteiger partial charge in [-0.2, -0.15) is 5.26 Å². The standard InChI is InChI=1S/C19H14F2N8/c1-10(27-18-14(7-22)17(23)25-9-26-18)19-28-15-8-24-3-2-16(15)29(19)13-5-11(20)4-12(21)6-13/h2-6,8-10H,1H3,(H3,23,25,26,27)/t10-/m1/s1. The van der Waals surface area contributed by atoms with Crippen LogP contribution in [-0.2, 0) is 0 Å². The normalized spacial score (nSPS) is 11.9. The quantitative estimate of drug-likeness (QED) is 0.548. The molecule has 0 radical (unpaired) electrons. The summed E-state index contributed by atoms with van der Waals surface area (Å²) >= 11 is 0. The zero-order chi connectivity index (χ0) is 20.5. The maximum absolute atomic E-state index is 13.9. The number of rotatable bonds is 4. The van der Waals surface area contributed by atoms with Crippen molar-refractivity contribution >= 4 is 22.7 Å². The van der Waals surface area contributed by atoms with Gasteiger partial charge in [0.15, 0.2) is 0 Å². The van der Waals surface area contributed by atoms with E-state index < -0.39 is 17.7 Å². The maximum Gasteiger partial charge on any atom is 0.150 e. The molecule has 0 saturated heterocycles. The van der Waals surface area contributed by atoms with Crippen LogP contribution >= 0.6 is 0 Å². The van der Waals surface area contributed by atoms with Crippen LogP contribution < -0.4 is 11.1 Å². The van der Waals surface area contributed by atoms with Crippen LogP contribution in [0.25, 0.3) is 16.7 Å². The Hall–Kier alpha value is -4.13. The fourth-order valence-electron chi connectivity index (χ4n) is 3.07. The van der Waals surface area contributed by atoms with E-state index >= 15 is 0 Å². The third-order valence-electron chi connectivity index (χ3n) is 4.32. The number of anilines is 2. The number of hydrogen-bond acceptors (Lipinski definition) is 7. The average Bonchev–Trinajstić information content (AvgIpc) is 3.07. The van der Waals surface area contributed by atoms with Crippen LogP contribution in [-0.4, -0.2) is 24.5 Å². The van der Waals surface area contributed by atoms with Crippen LogP contribution in [0.2, 0.25) is 0 Å². The number of nitrogens with one attached hydrogen (secondary N) is 1. The number of aromatic nitrogens is 5. The number of imidazole rings is 1. The summed E-state index contributed by atoms with van der Waals surface area (Å²) in [6.45, 7) is 1.78. The molecule has 0 aliphatic rings. The van der Waals surface area contributed by atoms with Crippen molar-refractivity contribution in [2.75, 3.05) is 11.1 Å². The summed E-state index contributed by atoms with van der Waals surface area (Å²) in [7, 11) is 0. The van der Waals surface area contributed by atoms with E-state index in [4.69, 9.17) is 5.73 Å². The van der Waals surface area contributed by atoms with Crippen molar-refractivity contribution in [3.05, 3.63) is 66.0 Å². The Bertz CT molecular complexity index is 1240. The molecule has 4 rings (SSSR count). The van der Waals surface area contributed by atoms with E-state index in [1.165, 1.54) is 18.5 Å². The van der Waals surface area contributed by atoms with Gasteiger partial charge in [0.25, 0.3) is 0 Å². The number of nitrogens with two attached hydrogens (primary N) is 1. The molecule has 144 valence electrons. The number of nitrogen functional groups attached to an aromatic ring is 1. The van der Waals surface area contributed by atoms with Crippen LogP contribution in [0, 0.1) is 23.0 Å². The van der Waals surface area contributed by atoms with Crippen molar-refractivity contribution in [2.24, 2.45) is 0 Å². The van der Waals surface area contributed by atoms with Gasteiger partial charge in [-0.15, -0.1) is 0 Å². The highest BCUT2D eigenvalue weighted by Gasteiger charge is 2.21. The number of hydrogen-bond donors (Lipinski definition) is 2. The molecule has 4 aromatic rings. The van der Waals surface area contributed by atoms with Gasteiger partial charge in [0, 0.05) is 12.3 Å². The fraction of sp³-hybridized carbons (Fsp3) is 0.105. The van der Waals surface area contributed by atoms with Crippen molar-refractivity contribution in [1.29, 1.82) is 5.26 Å². The summed E-state index contributed by atoms with van der Waals surface area (Å²) in [6.07, 6.45) is 4.36. The van der Waals surface area contributed by atoms with Crippen molar-refractivity contribution in [2.45, 2.75) is 13.0 Å². The van der Waals surface area contributed by atoms with E-state index in [2.05, 4.69) is 25.3 Å². The van der Waals surface area contributed by atoms with Gasteiger partial charge in [0.1, 0.15) is 52.6 Å². The van der Waals surface area contributed by atoms with Crippen LogP contribution in [0.15, 0.2) is 43.0 Å². The van der Waals surface area contributed by atoms with Gasteiger partial charge >= 0.3 is 0 Å². The van der Waals surface area contributed by atoms with Crippen LogP contribution in [0.1, 0.15) is 24.4 Å². The van der Waals surface area contributed by atoms with Crippen LogP contribution in [0.4, 0.5) is 20.4 Å². The minimum atomic E-state index is -0.710. The molecule has 3 aromatic heterocycles. The number of nitrogens with zero attached hydrogens (tertiary/aromatic N) is 6. The zero-order valence-electron chi connectivity index (χ0n) is 15.1. The van der Waals surface area contributed by atoms with Gasteiger partial charge in [0.2, 0.25) is 0 Å². The van der Waals surface area contributed by atoms with Gasteiger partial charge in [-0.25, -0.2) is 23.7 Å². The van der Waals surface area contributed by atoms with Gasteiger partial charge in [-0.3, -0.25) is 9.55 Å². The molecule has 10 heteroatoms. The molecule has 0 amide bonds.